The van der Waals surface area contributed by atoms with Gasteiger partial charge in [0.2, 0.25) is 5.91 Å². The molecule has 0 bridgehead atoms. The Morgan fingerprint density at radius 2 is 2.18 bits per heavy atom. The van der Waals surface area contributed by atoms with E-state index in [0.717, 1.165) is 45.1 Å². The van der Waals surface area contributed by atoms with Crippen molar-refractivity contribution in [1.82, 2.24) is 5.32 Å². The second-order valence-corrected chi connectivity index (χ2v) is 10.3. The van der Waals surface area contributed by atoms with E-state index in [1.165, 1.54) is 24.3 Å². The molecule has 1 aromatic carbocycles. The Kier molecular flexibility index (Phi) is 12.0. The summed E-state index contributed by atoms with van der Waals surface area (Å²) in [6.45, 7) is 6.60. The number of nitrogens with two attached hydrogens (primary N) is 1. The van der Waals surface area contributed by atoms with Crippen LogP contribution < -0.4 is 20.9 Å². The Morgan fingerprint density at radius 3 is 2.68 bits per heavy atom. The first-order chi connectivity index (χ1) is 16.3. The molecule has 9 heteroatoms. The van der Waals surface area contributed by atoms with Crippen LogP contribution in [0.5, 0.6) is 0 Å². The molecule has 6 nitrogen and oxygen atoms in total. The quantitative estimate of drug-likeness (QED) is 0.466. The third-order valence-electron chi connectivity index (χ3n) is 5.76. The maximum atomic E-state index is 14.8. The molecule has 3 rings (SSSR count). The van der Waals surface area contributed by atoms with Crippen LogP contribution in [-0.2, 0) is 4.79 Å². The van der Waals surface area contributed by atoms with Gasteiger partial charge in [-0.3, -0.25) is 9.59 Å². The minimum Gasteiger partial charge on any atom is -0.368 e. The summed E-state index contributed by atoms with van der Waals surface area (Å²) in [7, 11) is 1.92. The lowest BCUT2D eigenvalue weighted by atomic mass is 10.0. The molecule has 0 spiro atoms. The summed E-state index contributed by atoms with van der Waals surface area (Å²) in [5.41, 5.74) is 7.22. The molecule has 1 amide bonds. The fourth-order valence-electron chi connectivity index (χ4n) is 4.17. The molecule has 2 atom stereocenters. The van der Waals surface area contributed by atoms with Crippen molar-refractivity contribution in [3.8, 4) is 0 Å². The summed E-state index contributed by atoms with van der Waals surface area (Å²) in [6.07, 6.45) is 4.83. The van der Waals surface area contributed by atoms with Gasteiger partial charge in [-0.1, -0.05) is 24.9 Å². The molecular formula is C25H36ClFN4O2S. The van der Waals surface area contributed by atoms with E-state index in [1.54, 1.807) is 23.1 Å². The van der Waals surface area contributed by atoms with Crippen molar-refractivity contribution in [3.63, 3.8) is 0 Å². The first kappa shape index (κ1) is 28.2. The van der Waals surface area contributed by atoms with E-state index in [1.807, 2.05) is 18.0 Å². The highest BCUT2D eigenvalue weighted by molar-refractivity contribution is 7.17. The van der Waals surface area contributed by atoms with Crippen molar-refractivity contribution >= 4 is 46.5 Å². The number of anilines is 2. The number of rotatable bonds is 9. The average Bonchev–Trinajstić information content (AvgIpc) is 3.23. The number of aldehydes is 1. The van der Waals surface area contributed by atoms with E-state index in [2.05, 4.69) is 12.2 Å². The number of amides is 1. The van der Waals surface area contributed by atoms with Gasteiger partial charge >= 0.3 is 0 Å². The second-order valence-electron chi connectivity index (χ2n) is 8.59. The molecule has 34 heavy (non-hydrogen) atoms. The lowest BCUT2D eigenvalue weighted by molar-refractivity contribution is -0.116. The van der Waals surface area contributed by atoms with Gasteiger partial charge < -0.3 is 20.9 Å². The van der Waals surface area contributed by atoms with Gasteiger partial charge in [0.25, 0.3) is 0 Å². The number of hydrogen-bond acceptors (Lipinski definition) is 6. The topological polar surface area (TPSA) is 78.7 Å². The first-order valence-electron chi connectivity index (χ1n) is 11.7. The maximum absolute atomic E-state index is 14.8. The molecule has 188 valence electrons. The lowest BCUT2D eigenvalue weighted by Crippen LogP contribution is -2.43. The van der Waals surface area contributed by atoms with Crippen LogP contribution in [0.2, 0.25) is 4.34 Å². The Morgan fingerprint density at radius 1 is 1.41 bits per heavy atom. The van der Waals surface area contributed by atoms with E-state index < -0.39 is 0 Å². The van der Waals surface area contributed by atoms with Crippen LogP contribution in [0.15, 0.2) is 30.3 Å². The van der Waals surface area contributed by atoms with Gasteiger partial charge in [-0.05, 0) is 69.1 Å². The third kappa shape index (κ3) is 8.65. The van der Waals surface area contributed by atoms with Crippen molar-refractivity contribution in [2.24, 2.45) is 11.7 Å². The minimum absolute atomic E-state index is 0.0608. The van der Waals surface area contributed by atoms with E-state index in [9.17, 15) is 14.0 Å². The summed E-state index contributed by atoms with van der Waals surface area (Å²) < 4.78 is 15.4. The molecule has 0 saturated carbocycles. The molecule has 0 radical (unpaired) electrons. The number of piperidine rings is 1. The smallest absolute Gasteiger partial charge is 0.223 e. The molecule has 2 unspecified atom stereocenters. The standard InChI is InChI=1S/C20H33FN4O.C5H3ClOS/c1-4-6-16(12-23-3)13-25(15(2)26)18-8-9-20(19(21)11-18)24-10-5-7-17(22)14-24;6-5-2-1-4(3-7)8-5/h8-9,11,16-17,23H,4-7,10,12-14,22H2,1-3H3;1-3H. The molecule has 1 aliphatic heterocycles. The maximum Gasteiger partial charge on any atom is 0.223 e. The molecule has 1 fully saturated rings. The largest absolute Gasteiger partial charge is 0.368 e. The van der Waals surface area contributed by atoms with Crippen LogP contribution in [0.1, 0.15) is 49.2 Å². The van der Waals surface area contributed by atoms with Gasteiger partial charge in [0.15, 0.2) is 6.29 Å². The molecule has 1 aliphatic rings. The number of carbonyl (C=O) groups is 2. The van der Waals surface area contributed by atoms with E-state index >= 15 is 0 Å². The van der Waals surface area contributed by atoms with Crippen LogP contribution in [0, 0.1) is 11.7 Å². The predicted molar refractivity (Wildman–Crippen MR) is 141 cm³/mol. The van der Waals surface area contributed by atoms with Crippen molar-refractivity contribution < 1.29 is 14.0 Å². The van der Waals surface area contributed by atoms with E-state index in [0.29, 0.717) is 39.6 Å². The van der Waals surface area contributed by atoms with Crippen LogP contribution >= 0.6 is 22.9 Å². The summed E-state index contributed by atoms with van der Waals surface area (Å²) in [6, 6.07) is 8.61. The summed E-state index contributed by atoms with van der Waals surface area (Å²) >= 11 is 6.78. The minimum atomic E-state index is -0.288. The van der Waals surface area contributed by atoms with Crippen molar-refractivity contribution in [1.29, 1.82) is 0 Å². The molecule has 1 aromatic heterocycles. The third-order valence-corrected chi connectivity index (χ3v) is 6.92. The molecule has 3 N–H and O–H groups in total. The Balaban J connectivity index is 0.000000430. The normalized spacial score (nSPS) is 16.4. The van der Waals surface area contributed by atoms with Crippen molar-refractivity contribution in [2.75, 3.05) is 43.0 Å². The van der Waals surface area contributed by atoms with E-state index in [4.69, 9.17) is 17.3 Å². The Hall–Kier alpha value is -2.00. The number of halogens is 2. The SMILES string of the molecule is CCCC(CNC)CN(C(C)=O)c1ccc(N2CCCC(N)C2)c(F)c1.O=Cc1ccc(Cl)s1. The highest BCUT2D eigenvalue weighted by atomic mass is 35.5. The molecular weight excluding hydrogens is 475 g/mol. The molecule has 0 aliphatic carbocycles. The van der Waals surface area contributed by atoms with Crippen LogP contribution in [-0.4, -0.2) is 51.5 Å². The monoisotopic (exact) mass is 510 g/mol. The number of benzene rings is 1. The molecule has 1 saturated heterocycles. The van der Waals surface area contributed by atoms with Crippen LogP contribution in [0.3, 0.4) is 0 Å². The van der Waals surface area contributed by atoms with Crippen LogP contribution in [0.4, 0.5) is 15.8 Å². The highest BCUT2D eigenvalue weighted by Gasteiger charge is 2.22. The molecule has 2 heterocycles. The number of hydrogen-bond donors (Lipinski definition) is 2. The summed E-state index contributed by atoms with van der Waals surface area (Å²) in [4.78, 5) is 26.5. The number of thiophene rings is 1. The van der Waals surface area contributed by atoms with Crippen LogP contribution in [0.25, 0.3) is 0 Å². The fourth-order valence-corrected chi connectivity index (χ4v) is 5.05. The predicted octanol–water partition coefficient (Wildman–Crippen LogP) is 4.96. The average molecular weight is 511 g/mol. The van der Waals surface area contributed by atoms with Gasteiger partial charge in [0, 0.05) is 38.3 Å². The number of nitrogens with one attached hydrogen (secondary N) is 1. The summed E-state index contributed by atoms with van der Waals surface area (Å²) in [5.74, 6) is -0.00501. The van der Waals surface area contributed by atoms with Gasteiger partial charge in [-0.15, -0.1) is 11.3 Å². The summed E-state index contributed by atoms with van der Waals surface area (Å²) in [5, 5.41) is 3.19. The number of carbonyl (C=O) groups excluding carboxylic acids is 2. The Labute approximate surface area is 211 Å². The highest BCUT2D eigenvalue weighted by Crippen LogP contribution is 2.28. The van der Waals surface area contributed by atoms with Gasteiger partial charge in [-0.25, -0.2) is 4.39 Å². The molecule has 2 aromatic rings. The fraction of sp³-hybridized carbons (Fsp3) is 0.520. The Bertz CT molecular complexity index is 920. The second kappa shape index (κ2) is 14.4. The zero-order valence-electron chi connectivity index (χ0n) is 20.2. The van der Waals surface area contributed by atoms with Gasteiger partial charge in [0.05, 0.1) is 14.9 Å². The van der Waals surface area contributed by atoms with E-state index in [-0.39, 0.29) is 17.8 Å². The number of nitrogens with zero attached hydrogens (tertiary/aromatic N) is 2. The zero-order chi connectivity index (χ0) is 25.1. The van der Waals surface area contributed by atoms with Gasteiger partial charge in [-0.2, -0.15) is 0 Å². The van der Waals surface area contributed by atoms with Crippen molar-refractivity contribution in [3.05, 3.63) is 45.4 Å². The first-order valence-corrected chi connectivity index (χ1v) is 12.9. The lowest BCUT2D eigenvalue weighted by Gasteiger charge is -2.33. The van der Waals surface area contributed by atoms with Crippen molar-refractivity contribution in [2.45, 2.75) is 45.6 Å². The zero-order valence-corrected chi connectivity index (χ0v) is 21.8. The van der Waals surface area contributed by atoms with Gasteiger partial charge in [0.1, 0.15) is 5.82 Å².